The van der Waals surface area contributed by atoms with Crippen LogP contribution in [0.15, 0.2) is 35.6 Å². The van der Waals surface area contributed by atoms with E-state index in [1.165, 1.54) is 38.5 Å². The standard InChI is InChI=1S/C17H19FN6O3S/c1-10-7-21-14(8-20-10)15(25)22-11-4-5-13(18)12(6-11)17(2)9-28(26,27)24(3)16(19)23-17/h4-8H,9H2,1-3H3,(H2,19,23)(H,22,25)/t17-/m0/s1. The van der Waals surface area contributed by atoms with E-state index in [1.807, 2.05) is 0 Å². The molecule has 1 aromatic carbocycles. The van der Waals surface area contributed by atoms with Crippen molar-refractivity contribution in [1.29, 1.82) is 0 Å². The number of guanidine groups is 1. The number of rotatable bonds is 3. The van der Waals surface area contributed by atoms with Crippen LogP contribution in [0.5, 0.6) is 0 Å². The third-order valence-electron chi connectivity index (χ3n) is 4.38. The highest BCUT2D eigenvalue weighted by atomic mass is 32.2. The SMILES string of the molecule is Cc1cnc(C(=O)Nc2ccc(F)c([C@]3(C)CS(=O)(=O)N(C)C(N)=N3)c2)cn1. The molecule has 2 aromatic rings. The number of aliphatic imine (C=N–C) groups is 1. The summed E-state index contributed by atoms with van der Waals surface area (Å²) >= 11 is 0. The van der Waals surface area contributed by atoms with E-state index in [2.05, 4.69) is 20.3 Å². The van der Waals surface area contributed by atoms with Gasteiger partial charge in [0, 0.05) is 24.5 Å². The molecule has 0 fully saturated rings. The van der Waals surface area contributed by atoms with Crippen LogP contribution in [0.1, 0.15) is 28.7 Å². The number of sulfonamides is 1. The highest BCUT2D eigenvalue weighted by Crippen LogP contribution is 2.34. The van der Waals surface area contributed by atoms with E-state index in [-0.39, 0.29) is 22.9 Å². The highest BCUT2D eigenvalue weighted by molar-refractivity contribution is 7.89. The second-order valence-electron chi connectivity index (χ2n) is 6.66. The average molecular weight is 406 g/mol. The van der Waals surface area contributed by atoms with Crippen molar-refractivity contribution in [3.05, 3.63) is 53.4 Å². The van der Waals surface area contributed by atoms with E-state index in [0.717, 1.165) is 10.4 Å². The van der Waals surface area contributed by atoms with Crippen LogP contribution in [0.2, 0.25) is 0 Å². The lowest BCUT2D eigenvalue weighted by atomic mass is 9.93. The van der Waals surface area contributed by atoms with Gasteiger partial charge in [-0.15, -0.1) is 0 Å². The molecule has 1 aliphatic rings. The number of hydrogen-bond acceptors (Lipinski definition) is 7. The Morgan fingerprint density at radius 3 is 2.64 bits per heavy atom. The molecule has 1 aliphatic heterocycles. The average Bonchev–Trinajstić information content (AvgIpc) is 2.61. The third kappa shape index (κ3) is 3.65. The van der Waals surface area contributed by atoms with Gasteiger partial charge in [-0.05, 0) is 32.0 Å². The monoisotopic (exact) mass is 406 g/mol. The first-order chi connectivity index (χ1) is 13.0. The molecule has 11 heteroatoms. The third-order valence-corrected chi connectivity index (χ3v) is 6.33. The Labute approximate surface area is 161 Å². The van der Waals surface area contributed by atoms with Gasteiger partial charge in [0.15, 0.2) is 0 Å². The molecular weight excluding hydrogens is 387 g/mol. The molecule has 0 aliphatic carbocycles. The molecule has 0 radical (unpaired) electrons. The van der Waals surface area contributed by atoms with Crippen LogP contribution in [0.3, 0.4) is 0 Å². The van der Waals surface area contributed by atoms with E-state index in [4.69, 9.17) is 5.73 Å². The number of halogens is 1. The number of nitrogens with zero attached hydrogens (tertiary/aromatic N) is 4. The number of amides is 1. The molecule has 9 nitrogen and oxygen atoms in total. The van der Waals surface area contributed by atoms with Gasteiger partial charge in [0.2, 0.25) is 16.0 Å². The molecule has 28 heavy (non-hydrogen) atoms. The Balaban J connectivity index is 1.96. The van der Waals surface area contributed by atoms with Crippen molar-refractivity contribution in [1.82, 2.24) is 14.3 Å². The van der Waals surface area contributed by atoms with Gasteiger partial charge in [-0.25, -0.2) is 27.1 Å². The summed E-state index contributed by atoms with van der Waals surface area (Å²) in [6, 6.07) is 3.83. The molecule has 0 saturated heterocycles. The van der Waals surface area contributed by atoms with Crippen molar-refractivity contribution in [2.24, 2.45) is 10.7 Å². The Hall–Kier alpha value is -3.08. The second-order valence-corrected chi connectivity index (χ2v) is 8.66. The minimum atomic E-state index is -3.76. The number of hydrogen-bond donors (Lipinski definition) is 2. The lowest BCUT2D eigenvalue weighted by Crippen LogP contribution is -2.50. The predicted octanol–water partition coefficient (Wildman–Crippen LogP) is 0.982. The van der Waals surface area contributed by atoms with E-state index >= 15 is 0 Å². The summed E-state index contributed by atoms with van der Waals surface area (Å²) in [5, 5.41) is 2.59. The van der Waals surface area contributed by atoms with Gasteiger partial charge in [-0.2, -0.15) is 0 Å². The summed E-state index contributed by atoms with van der Waals surface area (Å²) in [5.41, 5.74) is 5.28. The fourth-order valence-electron chi connectivity index (χ4n) is 2.81. The van der Waals surface area contributed by atoms with Crippen LogP contribution >= 0.6 is 0 Å². The first-order valence-electron chi connectivity index (χ1n) is 8.24. The van der Waals surface area contributed by atoms with Crippen molar-refractivity contribution in [3.63, 3.8) is 0 Å². The minimum Gasteiger partial charge on any atom is -0.369 e. The molecule has 0 unspecified atom stereocenters. The van der Waals surface area contributed by atoms with Gasteiger partial charge in [0.05, 0.1) is 17.6 Å². The molecule has 0 saturated carbocycles. The normalized spacial score (nSPS) is 21.1. The van der Waals surface area contributed by atoms with Gasteiger partial charge in [0.25, 0.3) is 5.91 Å². The van der Waals surface area contributed by atoms with E-state index in [1.54, 1.807) is 6.92 Å². The van der Waals surface area contributed by atoms with Gasteiger partial charge >= 0.3 is 0 Å². The Kier molecular flexibility index (Phi) is 4.79. The van der Waals surface area contributed by atoms with Crippen LogP contribution < -0.4 is 11.1 Å². The second kappa shape index (κ2) is 6.82. The largest absolute Gasteiger partial charge is 0.369 e. The fraction of sp³-hybridized carbons (Fsp3) is 0.294. The maximum Gasteiger partial charge on any atom is 0.275 e. The topological polar surface area (TPSA) is 131 Å². The summed E-state index contributed by atoms with van der Waals surface area (Å²) in [6.07, 6.45) is 2.78. The highest BCUT2D eigenvalue weighted by Gasteiger charge is 2.41. The molecule has 1 amide bonds. The number of anilines is 1. The maximum atomic E-state index is 14.5. The zero-order valence-electron chi connectivity index (χ0n) is 15.5. The van der Waals surface area contributed by atoms with Crippen molar-refractivity contribution in [2.45, 2.75) is 19.4 Å². The van der Waals surface area contributed by atoms with Crippen LogP contribution in [-0.4, -0.2) is 47.4 Å². The van der Waals surface area contributed by atoms with Crippen LogP contribution in [-0.2, 0) is 15.6 Å². The van der Waals surface area contributed by atoms with Crippen molar-refractivity contribution < 1.29 is 17.6 Å². The summed E-state index contributed by atoms with van der Waals surface area (Å²) in [7, 11) is -2.48. The summed E-state index contributed by atoms with van der Waals surface area (Å²) < 4.78 is 40.0. The molecule has 0 spiro atoms. The van der Waals surface area contributed by atoms with E-state index in [9.17, 15) is 17.6 Å². The van der Waals surface area contributed by atoms with E-state index < -0.39 is 33.0 Å². The first kappa shape index (κ1) is 19.7. The Morgan fingerprint density at radius 2 is 2.04 bits per heavy atom. The zero-order valence-corrected chi connectivity index (χ0v) is 16.3. The molecule has 3 N–H and O–H groups in total. The lowest BCUT2D eigenvalue weighted by molar-refractivity contribution is 0.102. The Morgan fingerprint density at radius 1 is 1.32 bits per heavy atom. The fourth-order valence-corrected chi connectivity index (χ4v) is 4.26. The number of aromatic nitrogens is 2. The first-order valence-corrected chi connectivity index (χ1v) is 9.85. The van der Waals surface area contributed by atoms with Gasteiger partial charge in [0.1, 0.15) is 17.1 Å². The van der Waals surface area contributed by atoms with Gasteiger partial charge in [-0.1, -0.05) is 0 Å². The number of aryl methyl sites for hydroxylation is 1. The predicted molar refractivity (Wildman–Crippen MR) is 102 cm³/mol. The molecule has 148 valence electrons. The number of nitrogens with one attached hydrogen (secondary N) is 1. The molecule has 3 rings (SSSR count). The molecule has 1 atom stereocenters. The quantitative estimate of drug-likeness (QED) is 0.781. The maximum absolute atomic E-state index is 14.5. The van der Waals surface area contributed by atoms with Crippen molar-refractivity contribution >= 4 is 27.6 Å². The zero-order chi connectivity index (χ0) is 20.7. The molecule has 0 bridgehead atoms. The number of nitrogens with two attached hydrogens (primary N) is 1. The van der Waals surface area contributed by atoms with Crippen LogP contribution in [0, 0.1) is 12.7 Å². The minimum absolute atomic E-state index is 0.0000784. The van der Waals surface area contributed by atoms with Crippen LogP contribution in [0.25, 0.3) is 0 Å². The van der Waals surface area contributed by atoms with Crippen LogP contribution in [0.4, 0.5) is 10.1 Å². The number of carbonyl (C=O) groups excluding carboxylic acids is 1. The molecule has 1 aromatic heterocycles. The lowest BCUT2D eigenvalue weighted by Gasteiger charge is -2.34. The Bertz CT molecular complexity index is 1070. The smallest absolute Gasteiger partial charge is 0.275 e. The number of benzene rings is 1. The summed E-state index contributed by atoms with van der Waals surface area (Å²) in [6.45, 7) is 3.21. The van der Waals surface area contributed by atoms with Crippen molar-refractivity contribution in [2.75, 3.05) is 18.1 Å². The molecule has 2 heterocycles. The number of carbonyl (C=O) groups is 1. The summed E-state index contributed by atoms with van der Waals surface area (Å²) in [4.78, 5) is 24.5. The van der Waals surface area contributed by atoms with E-state index in [0.29, 0.717) is 5.69 Å². The summed E-state index contributed by atoms with van der Waals surface area (Å²) in [5.74, 6) is -1.90. The van der Waals surface area contributed by atoms with Gasteiger partial charge in [-0.3, -0.25) is 9.78 Å². The van der Waals surface area contributed by atoms with Crippen molar-refractivity contribution in [3.8, 4) is 0 Å². The van der Waals surface area contributed by atoms with Gasteiger partial charge < -0.3 is 11.1 Å². The molecular formula is C17H19FN6O3S.